The number of hydrogen-bond acceptors (Lipinski definition) is 5. The SMILES string of the molecule is CC(C)(NC(=O)c1cn(-c2c(F)cc(F)cc2F)c2nc(N3CCC[C@@H]3CO)c(F)cc2c1=O)C(F)(F)C(F)(F)F. The number of rotatable bonds is 6. The number of carbonyl (C=O) groups excluding carboxylic acids is 1. The van der Waals surface area contributed by atoms with Gasteiger partial charge in [-0.15, -0.1) is 0 Å². The maximum Gasteiger partial charge on any atom is 0.455 e. The van der Waals surface area contributed by atoms with Gasteiger partial charge in [-0.2, -0.15) is 22.0 Å². The normalized spacial score (nSPS) is 16.5. The fourth-order valence-corrected chi connectivity index (χ4v) is 4.60. The molecule has 16 heteroatoms. The smallest absolute Gasteiger partial charge is 0.394 e. The van der Waals surface area contributed by atoms with E-state index in [1.807, 2.05) is 0 Å². The average Bonchev–Trinajstić information content (AvgIpc) is 3.32. The summed E-state index contributed by atoms with van der Waals surface area (Å²) < 4.78 is 126. The Morgan fingerprint density at radius 2 is 1.66 bits per heavy atom. The summed E-state index contributed by atoms with van der Waals surface area (Å²) in [5, 5.41) is 10.2. The molecular formula is C25H21F9N4O3. The van der Waals surface area contributed by atoms with Crippen LogP contribution in [-0.4, -0.2) is 57.4 Å². The zero-order valence-corrected chi connectivity index (χ0v) is 21.2. The van der Waals surface area contributed by atoms with E-state index in [0.717, 1.165) is 0 Å². The van der Waals surface area contributed by atoms with E-state index in [1.165, 1.54) is 10.2 Å². The van der Waals surface area contributed by atoms with Crippen molar-refractivity contribution in [2.24, 2.45) is 0 Å². The molecule has 3 aromatic rings. The summed E-state index contributed by atoms with van der Waals surface area (Å²) in [7, 11) is 0. The molecular weight excluding hydrogens is 575 g/mol. The summed E-state index contributed by atoms with van der Waals surface area (Å²) in [5.74, 6) is -13.4. The molecule has 0 saturated carbocycles. The van der Waals surface area contributed by atoms with Gasteiger partial charge in [0.1, 0.15) is 22.6 Å². The highest BCUT2D eigenvalue weighted by Crippen LogP contribution is 2.43. The van der Waals surface area contributed by atoms with Crippen LogP contribution < -0.4 is 15.6 Å². The minimum absolute atomic E-state index is 0.202. The number of amides is 1. The molecule has 0 unspecified atom stereocenters. The number of benzene rings is 1. The number of aliphatic hydroxyl groups is 1. The second-order valence-corrected chi connectivity index (χ2v) is 9.95. The van der Waals surface area contributed by atoms with Gasteiger partial charge in [0.15, 0.2) is 28.9 Å². The van der Waals surface area contributed by atoms with Crippen molar-refractivity contribution in [1.82, 2.24) is 14.9 Å². The Morgan fingerprint density at radius 3 is 2.22 bits per heavy atom. The quantitative estimate of drug-likeness (QED) is 0.406. The van der Waals surface area contributed by atoms with E-state index in [2.05, 4.69) is 4.98 Å². The van der Waals surface area contributed by atoms with E-state index < -0.39 is 93.0 Å². The Labute approximate surface area is 225 Å². The summed E-state index contributed by atoms with van der Waals surface area (Å²) in [6.45, 7) is 0.453. The minimum atomic E-state index is -6.11. The van der Waals surface area contributed by atoms with Crippen LogP contribution in [0.1, 0.15) is 37.0 Å². The molecule has 222 valence electrons. The first kappa shape index (κ1) is 30.1. The lowest BCUT2D eigenvalue weighted by Gasteiger charge is -2.35. The first-order valence-corrected chi connectivity index (χ1v) is 12.0. The van der Waals surface area contributed by atoms with Crippen molar-refractivity contribution in [1.29, 1.82) is 0 Å². The monoisotopic (exact) mass is 596 g/mol. The van der Waals surface area contributed by atoms with E-state index in [0.29, 0.717) is 43.5 Å². The van der Waals surface area contributed by atoms with Crippen LogP contribution in [0.4, 0.5) is 45.3 Å². The molecule has 1 aromatic carbocycles. The predicted octanol–water partition coefficient (Wildman–Crippen LogP) is 4.61. The molecule has 3 heterocycles. The molecule has 0 radical (unpaired) electrons. The molecule has 1 saturated heterocycles. The van der Waals surface area contributed by atoms with Gasteiger partial charge < -0.3 is 15.3 Å². The molecule has 0 spiro atoms. The lowest BCUT2D eigenvalue weighted by atomic mass is 9.94. The third-order valence-corrected chi connectivity index (χ3v) is 6.81. The molecule has 1 fully saturated rings. The van der Waals surface area contributed by atoms with Crippen molar-refractivity contribution in [2.45, 2.75) is 50.4 Å². The van der Waals surface area contributed by atoms with Gasteiger partial charge in [0.25, 0.3) is 5.91 Å². The number of anilines is 1. The highest BCUT2D eigenvalue weighted by atomic mass is 19.4. The summed E-state index contributed by atoms with van der Waals surface area (Å²) in [6.07, 6.45) is -4.75. The summed E-state index contributed by atoms with van der Waals surface area (Å²) in [6, 6.07) is 0.426. The molecule has 4 rings (SSSR count). The van der Waals surface area contributed by atoms with Crippen LogP contribution >= 0.6 is 0 Å². The Hall–Kier alpha value is -3.82. The van der Waals surface area contributed by atoms with Gasteiger partial charge in [-0.05, 0) is 32.8 Å². The van der Waals surface area contributed by atoms with Crippen LogP contribution in [0.5, 0.6) is 0 Å². The number of fused-ring (bicyclic) bond motifs is 1. The Morgan fingerprint density at radius 1 is 1.05 bits per heavy atom. The largest absolute Gasteiger partial charge is 0.455 e. The van der Waals surface area contributed by atoms with E-state index >= 15 is 4.39 Å². The maximum atomic E-state index is 15.2. The van der Waals surface area contributed by atoms with Crippen molar-refractivity contribution >= 4 is 22.8 Å². The highest BCUT2D eigenvalue weighted by molar-refractivity contribution is 5.98. The van der Waals surface area contributed by atoms with Crippen molar-refractivity contribution in [3.63, 3.8) is 0 Å². The first-order chi connectivity index (χ1) is 18.9. The van der Waals surface area contributed by atoms with Gasteiger partial charge in [0, 0.05) is 24.9 Å². The van der Waals surface area contributed by atoms with Crippen LogP contribution in [0.15, 0.2) is 29.2 Å². The zero-order valence-electron chi connectivity index (χ0n) is 21.2. The molecule has 1 amide bonds. The van der Waals surface area contributed by atoms with Gasteiger partial charge in [0.2, 0.25) is 5.43 Å². The average molecular weight is 596 g/mol. The van der Waals surface area contributed by atoms with Gasteiger partial charge in [-0.1, -0.05) is 0 Å². The second kappa shape index (κ2) is 10.2. The molecule has 2 N–H and O–H groups in total. The number of alkyl halides is 5. The third kappa shape index (κ3) is 5.08. The summed E-state index contributed by atoms with van der Waals surface area (Å²) in [5.41, 5.74) is -7.72. The number of aromatic nitrogens is 2. The van der Waals surface area contributed by atoms with Gasteiger partial charge in [-0.25, -0.2) is 22.5 Å². The van der Waals surface area contributed by atoms with Crippen LogP contribution in [0.3, 0.4) is 0 Å². The highest BCUT2D eigenvalue weighted by Gasteiger charge is 2.67. The van der Waals surface area contributed by atoms with Crippen LogP contribution in [0.2, 0.25) is 0 Å². The van der Waals surface area contributed by atoms with Crippen molar-refractivity contribution in [3.8, 4) is 5.69 Å². The topological polar surface area (TPSA) is 87.5 Å². The Bertz CT molecular complexity index is 1560. The van der Waals surface area contributed by atoms with Crippen molar-refractivity contribution in [3.05, 3.63) is 63.5 Å². The number of nitrogens with zero attached hydrogens (tertiary/aromatic N) is 3. The standard InChI is InChI=1S/C25H21F9N4O3/c1-23(2,24(30,31)25(32,33)34)36-22(41)14-9-38(18-15(27)6-11(26)7-16(18)28)20-13(19(14)40)8-17(29)21(35-20)37-5-3-4-12(37)10-39/h6-9,12,39H,3-5,10H2,1-2H3,(H,36,41)/t12-/m1/s1. The summed E-state index contributed by atoms with van der Waals surface area (Å²) in [4.78, 5) is 31.5. The lowest BCUT2D eigenvalue weighted by Crippen LogP contribution is -2.62. The number of carbonyl (C=O) groups is 1. The van der Waals surface area contributed by atoms with Crippen molar-refractivity contribution < 1.29 is 49.4 Å². The number of nitrogens with one attached hydrogen (secondary N) is 1. The Balaban J connectivity index is 1.99. The number of halogens is 9. The Kier molecular flexibility index (Phi) is 7.52. The molecule has 1 aliphatic rings. The molecule has 1 aliphatic heterocycles. The predicted molar refractivity (Wildman–Crippen MR) is 127 cm³/mol. The lowest BCUT2D eigenvalue weighted by molar-refractivity contribution is -0.305. The van der Waals surface area contributed by atoms with E-state index in [9.17, 15) is 49.8 Å². The van der Waals surface area contributed by atoms with Gasteiger partial charge in [-0.3, -0.25) is 14.2 Å². The fraction of sp³-hybridized carbons (Fsp3) is 0.400. The molecule has 0 bridgehead atoms. The van der Waals surface area contributed by atoms with Crippen LogP contribution in [0, 0.1) is 23.3 Å². The molecule has 1 atom stereocenters. The number of pyridine rings is 2. The maximum absolute atomic E-state index is 15.2. The van der Waals surface area contributed by atoms with Crippen LogP contribution in [-0.2, 0) is 0 Å². The van der Waals surface area contributed by atoms with Gasteiger partial charge in [0.05, 0.1) is 18.0 Å². The minimum Gasteiger partial charge on any atom is -0.394 e. The summed E-state index contributed by atoms with van der Waals surface area (Å²) >= 11 is 0. The van der Waals surface area contributed by atoms with E-state index in [-0.39, 0.29) is 18.7 Å². The van der Waals surface area contributed by atoms with E-state index in [4.69, 9.17) is 0 Å². The second-order valence-electron chi connectivity index (χ2n) is 9.95. The zero-order chi connectivity index (χ0) is 30.7. The first-order valence-electron chi connectivity index (χ1n) is 12.0. The van der Waals surface area contributed by atoms with Crippen LogP contribution in [0.25, 0.3) is 16.7 Å². The molecule has 7 nitrogen and oxygen atoms in total. The molecule has 0 aliphatic carbocycles. The number of aliphatic hydroxyl groups excluding tert-OH is 1. The molecule has 41 heavy (non-hydrogen) atoms. The fourth-order valence-electron chi connectivity index (χ4n) is 4.60. The van der Waals surface area contributed by atoms with Gasteiger partial charge >= 0.3 is 12.1 Å². The molecule has 2 aromatic heterocycles. The van der Waals surface area contributed by atoms with Crippen molar-refractivity contribution in [2.75, 3.05) is 18.1 Å². The number of hydrogen-bond donors (Lipinski definition) is 2. The third-order valence-electron chi connectivity index (χ3n) is 6.81. The van der Waals surface area contributed by atoms with E-state index in [1.54, 1.807) is 0 Å².